The van der Waals surface area contributed by atoms with Crippen LogP contribution < -0.4 is 5.43 Å². The van der Waals surface area contributed by atoms with Crippen LogP contribution in [0.1, 0.15) is 25.3 Å². The van der Waals surface area contributed by atoms with E-state index in [1.54, 1.807) is 23.2 Å². The van der Waals surface area contributed by atoms with E-state index in [-0.39, 0.29) is 12.5 Å². The average molecular weight is 300 g/mol. The van der Waals surface area contributed by atoms with E-state index in [0.29, 0.717) is 22.4 Å². The Morgan fingerprint density at radius 3 is 2.89 bits per heavy atom. The standard InChI is InChI=1S/C13H15Cl2N3O/c1-2-3-6-18-12(19)8-16-13(17-18)10-5-4-9(14)7-11(10)15/h4-5,7H,2-3,6,8H2,1H3,(H,16,17). The van der Waals surface area contributed by atoms with Gasteiger partial charge in [-0.15, -0.1) is 0 Å². The Balaban J connectivity index is 2.18. The fourth-order valence-corrected chi connectivity index (χ4v) is 2.28. The number of rotatable bonds is 4. The normalized spacial score (nSPS) is 15.2. The van der Waals surface area contributed by atoms with Crippen molar-refractivity contribution in [2.45, 2.75) is 19.8 Å². The lowest BCUT2D eigenvalue weighted by molar-refractivity contribution is -0.132. The largest absolute Gasteiger partial charge is 0.279 e. The van der Waals surface area contributed by atoms with Crippen LogP contribution in [0.3, 0.4) is 0 Å². The first-order chi connectivity index (χ1) is 9.11. The van der Waals surface area contributed by atoms with Gasteiger partial charge < -0.3 is 0 Å². The topological polar surface area (TPSA) is 44.7 Å². The van der Waals surface area contributed by atoms with Crippen molar-refractivity contribution in [2.24, 2.45) is 4.99 Å². The summed E-state index contributed by atoms with van der Waals surface area (Å²) < 4.78 is 0. The summed E-state index contributed by atoms with van der Waals surface area (Å²) in [5, 5.41) is 2.68. The molecule has 0 fully saturated rings. The van der Waals surface area contributed by atoms with E-state index >= 15 is 0 Å². The molecule has 0 unspecified atom stereocenters. The monoisotopic (exact) mass is 299 g/mol. The van der Waals surface area contributed by atoms with Gasteiger partial charge in [0, 0.05) is 17.1 Å². The molecule has 1 aromatic rings. The van der Waals surface area contributed by atoms with Crippen molar-refractivity contribution >= 4 is 34.9 Å². The molecule has 1 aliphatic heterocycles. The maximum absolute atomic E-state index is 11.7. The quantitative estimate of drug-likeness (QED) is 0.929. The second kappa shape index (κ2) is 6.26. The zero-order valence-corrected chi connectivity index (χ0v) is 12.1. The number of hydrogen-bond donors (Lipinski definition) is 1. The summed E-state index contributed by atoms with van der Waals surface area (Å²) in [6, 6.07) is 5.21. The minimum absolute atomic E-state index is 0.0257. The lowest BCUT2D eigenvalue weighted by atomic mass is 10.2. The van der Waals surface area contributed by atoms with Gasteiger partial charge in [0.1, 0.15) is 12.4 Å². The first-order valence-electron chi connectivity index (χ1n) is 6.18. The highest BCUT2D eigenvalue weighted by Crippen LogP contribution is 2.22. The van der Waals surface area contributed by atoms with Crippen LogP contribution in [0.15, 0.2) is 23.2 Å². The number of unbranched alkanes of at least 4 members (excludes halogenated alkanes) is 1. The molecule has 0 atom stereocenters. The van der Waals surface area contributed by atoms with E-state index in [0.717, 1.165) is 18.4 Å². The van der Waals surface area contributed by atoms with Crippen molar-refractivity contribution in [3.63, 3.8) is 0 Å². The van der Waals surface area contributed by atoms with E-state index in [1.165, 1.54) is 0 Å². The number of hydrazine groups is 1. The summed E-state index contributed by atoms with van der Waals surface area (Å²) in [6.45, 7) is 2.89. The smallest absolute Gasteiger partial charge is 0.262 e. The summed E-state index contributed by atoms with van der Waals surface area (Å²) >= 11 is 12.0. The Morgan fingerprint density at radius 1 is 1.42 bits per heavy atom. The number of amides is 1. The predicted octanol–water partition coefficient (Wildman–Crippen LogP) is 2.89. The van der Waals surface area contributed by atoms with Crippen molar-refractivity contribution in [1.29, 1.82) is 0 Å². The Hall–Kier alpha value is -1.26. The van der Waals surface area contributed by atoms with Crippen LogP contribution in [0.25, 0.3) is 0 Å². The average Bonchev–Trinajstić information content (AvgIpc) is 2.38. The molecule has 1 aliphatic rings. The molecule has 1 aromatic carbocycles. The van der Waals surface area contributed by atoms with E-state index in [1.807, 2.05) is 0 Å². The summed E-state index contributed by atoms with van der Waals surface area (Å²) in [6.07, 6.45) is 1.97. The van der Waals surface area contributed by atoms with Crippen LogP contribution in [0.4, 0.5) is 0 Å². The van der Waals surface area contributed by atoms with Crippen LogP contribution in [0.2, 0.25) is 10.0 Å². The highest BCUT2D eigenvalue weighted by molar-refractivity contribution is 6.37. The number of nitrogens with zero attached hydrogens (tertiary/aromatic N) is 2. The van der Waals surface area contributed by atoms with Crippen molar-refractivity contribution < 1.29 is 4.79 Å². The molecule has 0 saturated heterocycles. The minimum Gasteiger partial charge on any atom is -0.279 e. The molecule has 0 radical (unpaired) electrons. The van der Waals surface area contributed by atoms with Gasteiger partial charge in [0.2, 0.25) is 0 Å². The van der Waals surface area contributed by atoms with Crippen molar-refractivity contribution in [2.75, 3.05) is 13.1 Å². The van der Waals surface area contributed by atoms with Crippen LogP contribution in [-0.4, -0.2) is 29.8 Å². The lowest BCUT2D eigenvalue weighted by Gasteiger charge is -2.28. The lowest BCUT2D eigenvalue weighted by Crippen LogP contribution is -2.51. The maximum Gasteiger partial charge on any atom is 0.262 e. The van der Waals surface area contributed by atoms with Gasteiger partial charge in [-0.3, -0.25) is 20.2 Å². The number of carbonyl (C=O) groups is 1. The number of amidine groups is 1. The molecule has 0 aliphatic carbocycles. The molecule has 19 heavy (non-hydrogen) atoms. The number of aliphatic imine (C=N–C) groups is 1. The molecular weight excluding hydrogens is 285 g/mol. The Kier molecular flexibility index (Phi) is 4.66. The fourth-order valence-electron chi connectivity index (χ4n) is 1.78. The van der Waals surface area contributed by atoms with E-state index in [2.05, 4.69) is 17.3 Å². The van der Waals surface area contributed by atoms with Gasteiger partial charge in [-0.05, 0) is 24.6 Å². The number of benzene rings is 1. The summed E-state index contributed by atoms with van der Waals surface area (Å²) in [5.41, 5.74) is 3.77. The second-order valence-electron chi connectivity index (χ2n) is 4.30. The molecule has 6 heteroatoms. The molecule has 0 saturated carbocycles. The van der Waals surface area contributed by atoms with Crippen LogP contribution in [0, 0.1) is 0 Å². The first kappa shape index (κ1) is 14.2. The first-order valence-corrected chi connectivity index (χ1v) is 6.94. The van der Waals surface area contributed by atoms with Gasteiger partial charge in [0.05, 0.1) is 5.02 Å². The zero-order valence-electron chi connectivity index (χ0n) is 10.6. The Morgan fingerprint density at radius 2 is 2.21 bits per heavy atom. The third kappa shape index (κ3) is 3.39. The van der Waals surface area contributed by atoms with Gasteiger partial charge in [0.15, 0.2) is 0 Å². The van der Waals surface area contributed by atoms with Gasteiger partial charge in [-0.25, -0.2) is 0 Å². The van der Waals surface area contributed by atoms with Crippen LogP contribution in [0.5, 0.6) is 0 Å². The summed E-state index contributed by atoms with van der Waals surface area (Å²) in [7, 11) is 0. The molecule has 1 amide bonds. The molecular formula is C13H15Cl2N3O. The highest BCUT2D eigenvalue weighted by Gasteiger charge is 2.21. The van der Waals surface area contributed by atoms with Crippen LogP contribution in [-0.2, 0) is 4.79 Å². The number of carbonyl (C=O) groups excluding carboxylic acids is 1. The molecule has 102 valence electrons. The van der Waals surface area contributed by atoms with Gasteiger partial charge in [-0.2, -0.15) is 0 Å². The van der Waals surface area contributed by atoms with Gasteiger partial charge in [0.25, 0.3) is 5.91 Å². The second-order valence-corrected chi connectivity index (χ2v) is 5.14. The zero-order chi connectivity index (χ0) is 13.8. The molecule has 0 aromatic heterocycles. The molecule has 1 N–H and O–H groups in total. The van der Waals surface area contributed by atoms with Crippen molar-refractivity contribution in [1.82, 2.24) is 10.4 Å². The molecule has 1 heterocycles. The van der Waals surface area contributed by atoms with Crippen molar-refractivity contribution in [3.05, 3.63) is 33.8 Å². The van der Waals surface area contributed by atoms with Crippen molar-refractivity contribution in [3.8, 4) is 0 Å². The Labute approximate surface area is 122 Å². The number of nitrogens with one attached hydrogen (secondary N) is 1. The highest BCUT2D eigenvalue weighted by atomic mass is 35.5. The van der Waals surface area contributed by atoms with E-state index in [4.69, 9.17) is 23.2 Å². The van der Waals surface area contributed by atoms with Gasteiger partial charge >= 0.3 is 0 Å². The SMILES string of the molecule is CCCCN1NC(c2ccc(Cl)cc2Cl)=NCC1=O. The fraction of sp³-hybridized carbons (Fsp3) is 0.385. The minimum atomic E-state index is -0.0257. The Bertz CT molecular complexity index is 517. The number of hydrogen-bond acceptors (Lipinski definition) is 3. The summed E-state index contributed by atoms with van der Waals surface area (Å²) in [4.78, 5) is 15.9. The third-order valence-electron chi connectivity index (χ3n) is 2.84. The summed E-state index contributed by atoms with van der Waals surface area (Å²) in [5.74, 6) is 0.583. The molecule has 4 nitrogen and oxygen atoms in total. The van der Waals surface area contributed by atoms with Crippen LogP contribution >= 0.6 is 23.2 Å². The predicted molar refractivity (Wildman–Crippen MR) is 77.6 cm³/mol. The van der Waals surface area contributed by atoms with Gasteiger partial charge in [-0.1, -0.05) is 36.5 Å². The molecule has 0 bridgehead atoms. The molecule has 0 spiro atoms. The number of halogens is 2. The third-order valence-corrected chi connectivity index (χ3v) is 3.38. The van der Waals surface area contributed by atoms with E-state index in [9.17, 15) is 4.79 Å². The molecule has 2 rings (SSSR count). The van der Waals surface area contributed by atoms with E-state index < -0.39 is 0 Å². The maximum atomic E-state index is 11.7.